The third-order valence-electron chi connectivity index (χ3n) is 5.39. The van der Waals surface area contributed by atoms with Crippen molar-refractivity contribution in [2.45, 2.75) is 51.9 Å². The molecule has 1 heterocycles. The molecule has 2 aliphatic carbocycles. The van der Waals surface area contributed by atoms with Crippen LogP contribution in [0.5, 0.6) is 0 Å². The maximum absolute atomic E-state index is 11.5. The molecule has 2 bridgehead atoms. The van der Waals surface area contributed by atoms with E-state index in [1.54, 1.807) is 6.07 Å². The summed E-state index contributed by atoms with van der Waals surface area (Å²) < 4.78 is 0. The van der Waals surface area contributed by atoms with Crippen LogP contribution in [-0.2, 0) is 11.8 Å². The summed E-state index contributed by atoms with van der Waals surface area (Å²) in [6.45, 7) is 7.12. The zero-order valence-corrected chi connectivity index (χ0v) is 11.6. The van der Waals surface area contributed by atoms with E-state index in [2.05, 4.69) is 31.8 Å². The third-order valence-corrected chi connectivity index (χ3v) is 5.39. The molecule has 0 aromatic carbocycles. The summed E-state index contributed by atoms with van der Waals surface area (Å²) in [5.74, 6) is 2.35. The molecule has 4 atom stereocenters. The SMILES string of the molecule is CCC1C2Cc3[nH]c(=O)ccc3C1(C)CC(C)C2. The quantitative estimate of drug-likeness (QED) is 0.809. The fourth-order valence-electron chi connectivity index (χ4n) is 4.95. The van der Waals surface area contributed by atoms with Crippen molar-refractivity contribution < 1.29 is 0 Å². The molecule has 0 aliphatic heterocycles. The summed E-state index contributed by atoms with van der Waals surface area (Å²) in [5.41, 5.74) is 2.95. The van der Waals surface area contributed by atoms with Crippen LogP contribution in [0, 0.1) is 17.8 Å². The van der Waals surface area contributed by atoms with Crippen molar-refractivity contribution in [2.75, 3.05) is 0 Å². The highest BCUT2D eigenvalue weighted by molar-refractivity contribution is 5.34. The summed E-state index contributed by atoms with van der Waals surface area (Å²) in [4.78, 5) is 14.6. The van der Waals surface area contributed by atoms with E-state index in [0.717, 1.165) is 24.2 Å². The van der Waals surface area contributed by atoms with Crippen molar-refractivity contribution in [3.8, 4) is 0 Å². The van der Waals surface area contributed by atoms with Crippen LogP contribution in [0.3, 0.4) is 0 Å². The van der Waals surface area contributed by atoms with Gasteiger partial charge in [0, 0.05) is 11.8 Å². The Labute approximate surface area is 109 Å². The van der Waals surface area contributed by atoms with Gasteiger partial charge in [0.15, 0.2) is 0 Å². The zero-order chi connectivity index (χ0) is 12.9. The lowest BCUT2D eigenvalue weighted by Gasteiger charge is -2.53. The van der Waals surface area contributed by atoms with Crippen LogP contribution < -0.4 is 5.56 Å². The summed E-state index contributed by atoms with van der Waals surface area (Å²) >= 11 is 0. The Hall–Kier alpha value is -1.05. The second-order valence-electron chi connectivity index (χ2n) is 6.66. The van der Waals surface area contributed by atoms with Gasteiger partial charge in [0.1, 0.15) is 0 Å². The molecule has 0 radical (unpaired) electrons. The molecule has 0 amide bonds. The number of aromatic amines is 1. The Bertz CT molecular complexity index is 518. The number of fused-ring (bicyclic) bond motifs is 4. The molecule has 2 nitrogen and oxygen atoms in total. The number of pyridine rings is 1. The molecular formula is C16H23NO. The van der Waals surface area contributed by atoms with Crippen LogP contribution in [0.4, 0.5) is 0 Å². The van der Waals surface area contributed by atoms with E-state index in [1.165, 1.54) is 30.5 Å². The molecule has 3 rings (SSSR count). The molecule has 2 aliphatic rings. The van der Waals surface area contributed by atoms with E-state index in [9.17, 15) is 4.79 Å². The molecule has 18 heavy (non-hydrogen) atoms. The molecule has 1 aromatic rings. The largest absolute Gasteiger partial charge is 0.326 e. The Morgan fingerprint density at radius 2 is 2.22 bits per heavy atom. The first-order valence-corrected chi connectivity index (χ1v) is 7.27. The highest BCUT2D eigenvalue weighted by Gasteiger charge is 2.48. The highest BCUT2D eigenvalue weighted by atomic mass is 16.1. The fourth-order valence-corrected chi connectivity index (χ4v) is 4.95. The van der Waals surface area contributed by atoms with E-state index in [0.29, 0.717) is 0 Å². The molecule has 98 valence electrons. The van der Waals surface area contributed by atoms with Crippen LogP contribution in [-0.4, -0.2) is 4.98 Å². The highest BCUT2D eigenvalue weighted by Crippen LogP contribution is 2.54. The topological polar surface area (TPSA) is 32.9 Å². The predicted octanol–water partition coefficient (Wildman–Crippen LogP) is 3.26. The molecule has 4 unspecified atom stereocenters. The van der Waals surface area contributed by atoms with E-state index in [4.69, 9.17) is 0 Å². The third kappa shape index (κ3) is 1.58. The average Bonchev–Trinajstić information content (AvgIpc) is 2.26. The lowest BCUT2D eigenvalue weighted by molar-refractivity contribution is 0.0692. The van der Waals surface area contributed by atoms with Gasteiger partial charge in [0.25, 0.3) is 0 Å². The van der Waals surface area contributed by atoms with Gasteiger partial charge in [-0.2, -0.15) is 0 Å². The van der Waals surface area contributed by atoms with Crippen molar-refractivity contribution in [1.82, 2.24) is 4.98 Å². The number of aromatic nitrogens is 1. The molecule has 0 saturated heterocycles. The Morgan fingerprint density at radius 3 is 2.94 bits per heavy atom. The van der Waals surface area contributed by atoms with E-state index in [1.807, 2.05) is 0 Å². The predicted molar refractivity (Wildman–Crippen MR) is 73.8 cm³/mol. The van der Waals surface area contributed by atoms with Crippen LogP contribution in [0.25, 0.3) is 0 Å². The average molecular weight is 245 g/mol. The Kier molecular flexibility index (Phi) is 2.65. The lowest BCUT2D eigenvalue weighted by Crippen LogP contribution is -2.48. The van der Waals surface area contributed by atoms with Gasteiger partial charge >= 0.3 is 0 Å². The Morgan fingerprint density at radius 1 is 1.44 bits per heavy atom. The van der Waals surface area contributed by atoms with Gasteiger partial charge in [0.2, 0.25) is 5.56 Å². The minimum atomic E-state index is 0.0541. The summed E-state index contributed by atoms with van der Waals surface area (Å²) in [6, 6.07) is 3.79. The van der Waals surface area contributed by atoms with Gasteiger partial charge in [-0.3, -0.25) is 4.79 Å². The smallest absolute Gasteiger partial charge is 0.248 e. The minimum Gasteiger partial charge on any atom is -0.326 e. The molecule has 1 saturated carbocycles. The second-order valence-corrected chi connectivity index (χ2v) is 6.66. The Balaban J connectivity index is 2.17. The van der Waals surface area contributed by atoms with Crippen molar-refractivity contribution in [2.24, 2.45) is 17.8 Å². The monoisotopic (exact) mass is 245 g/mol. The first kappa shape index (κ1) is 12.0. The van der Waals surface area contributed by atoms with Gasteiger partial charge in [-0.05, 0) is 48.0 Å². The van der Waals surface area contributed by atoms with Gasteiger partial charge in [-0.25, -0.2) is 0 Å². The molecule has 1 aromatic heterocycles. The number of hydrogen-bond acceptors (Lipinski definition) is 1. The molecule has 1 fully saturated rings. The number of hydrogen-bond donors (Lipinski definition) is 1. The second kappa shape index (κ2) is 3.97. The lowest BCUT2D eigenvalue weighted by atomic mass is 9.52. The molecular weight excluding hydrogens is 222 g/mol. The fraction of sp³-hybridized carbons (Fsp3) is 0.688. The van der Waals surface area contributed by atoms with Gasteiger partial charge in [-0.15, -0.1) is 0 Å². The van der Waals surface area contributed by atoms with Gasteiger partial charge in [-0.1, -0.05) is 33.3 Å². The standard InChI is InChI=1S/C16H23NO/c1-4-12-11-7-10(2)9-16(12,3)13-5-6-15(18)17-14(13)8-11/h5-6,10-12H,4,7-9H2,1-3H3,(H,17,18). The first-order valence-electron chi connectivity index (χ1n) is 7.27. The molecule has 2 heteroatoms. The van der Waals surface area contributed by atoms with E-state index in [-0.39, 0.29) is 11.0 Å². The summed E-state index contributed by atoms with van der Waals surface area (Å²) in [5, 5.41) is 0. The van der Waals surface area contributed by atoms with Crippen molar-refractivity contribution in [1.29, 1.82) is 0 Å². The van der Waals surface area contributed by atoms with E-state index >= 15 is 0 Å². The minimum absolute atomic E-state index is 0.0541. The van der Waals surface area contributed by atoms with Crippen molar-refractivity contribution in [3.63, 3.8) is 0 Å². The number of nitrogens with one attached hydrogen (secondary N) is 1. The van der Waals surface area contributed by atoms with Crippen LogP contribution in [0.2, 0.25) is 0 Å². The van der Waals surface area contributed by atoms with Crippen molar-refractivity contribution in [3.05, 3.63) is 33.7 Å². The van der Waals surface area contributed by atoms with Crippen LogP contribution in [0.15, 0.2) is 16.9 Å². The van der Waals surface area contributed by atoms with Crippen molar-refractivity contribution >= 4 is 0 Å². The number of rotatable bonds is 1. The van der Waals surface area contributed by atoms with E-state index < -0.39 is 0 Å². The molecule has 1 N–H and O–H groups in total. The summed E-state index contributed by atoms with van der Waals surface area (Å²) in [7, 11) is 0. The number of H-pyrrole nitrogens is 1. The van der Waals surface area contributed by atoms with Gasteiger partial charge < -0.3 is 4.98 Å². The van der Waals surface area contributed by atoms with Gasteiger partial charge in [0.05, 0.1) is 0 Å². The van der Waals surface area contributed by atoms with Crippen LogP contribution in [0.1, 0.15) is 51.3 Å². The zero-order valence-electron chi connectivity index (χ0n) is 11.6. The van der Waals surface area contributed by atoms with Crippen LogP contribution >= 0.6 is 0 Å². The maximum Gasteiger partial charge on any atom is 0.248 e. The maximum atomic E-state index is 11.5. The first-order chi connectivity index (χ1) is 8.54. The normalized spacial score (nSPS) is 38.3. The molecule has 0 spiro atoms. The summed E-state index contributed by atoms with van der Waals surface area (Å²) in [6.07, 6.45) is 4.92.